The van der Waals surface area contributed by atoms with Crippen molar-refractivity contribution in [2.45, 2.75) is 19.8 Å². The van der Waals surface area contributed by atoms with Gasteiger partial charge in [-0.2, -0.15) is 0 Å². The number of aromatic nitrogens is 1. The fourth-order valence-electron chi connectivity index (χ4n) is 2.45. The third-order valence-electron chi connectivity index (χ3n) is 3.47. The van der Waals surface area contributed by atoms with Crippen molar-refractivity contribution >= 4 is 22.8 Å². The number of halogens is 1. The van der Waals surface area contributed by atoms with Gasteiger partial charge in [-0.25, -0.2) is 14.2 Å². The minimum atomic E-state index is -0.315. The van der Waals surface area contributed by atoms with Crippen molar-refractivity contribution in [1.29, 1.82) is 0 Å². The molecule has 0 bridgehead atoms. The van der Waals surface area contributed by atoms with Crippen molar-refractivity contribution in [2.24, 2.45) is 0 Å². The van der Waals surface area contributed by atoms with Gasteiger partial charge in [-0.1, -0.05) is 6.92 Å². The van der Waals surface area contributed by atoms with Crippen LogP contribution in [0.3, 0.4) is 0 Å². The van der Waals surface area contributed by atoms with Crippen LogP contribution < -0.4 is 10.2 Å². The first-order chi connectivity index (χ1) is 9.69. The van der Waals surface area contributed by atoms with E-state index in [0.717, 1.165) is 23.8 Å². The number of pyridine rings is 1. The van der Waals surface area contributed by atoms with Gasteiger partial charge in [-0.3, -0.25) is 4.90 Å². The highest BCUT2D eigenvalue weighted by molar-refractivity contribution is 5.95. The van der Waals surface area contributed by atoms with E-state index < -0.39 is 0 Å². The first-order valence-corrected chi connectivity index (χ1v) is 6.83. The summed E-state index contributed by atoms with van der Waals surface area (Å²) in [7, 11) is 0. The summed E-state index contributed by atoms with van der Waals surface area (Å²) in [6.45, 7) is 3.27. The van der Waals surface area contributed by atoms with E-state index in [1.54, 1.807) is 11.0 Å². The fraction of sp³-hybridized carbons (Fsp3) is 0.333. The monoisotopic (exact) mass is 273 g/mol. The van der Waals surface area contributed by atoms with Crippen LogP contribution in [0.4, 0.5) is 15.0 Å². The Kier molecular flexibility index (Phi) is 3.26. The molecule has 1 aliphatic rings. The van der Waals surface area contributed by atoms with Gasteiger partial charge >= 0.3 is 6.03 Å². The second kappa shape index (κ2) is 5.07. The minimum absolute atomic E-state index is 0.131. The Morgan fingerprint density at radius 3 is 3.10 bits per heavy atom. The molecular weight excluding hydrogens is 257 g/mol. The van der Waals surface area contributed by atoms with Crippen molar-refractivity contribution in [1.82, 2.24) is 10.3 Å². The third-order valence-corrected chi connectivity index (χ3v) is 3.47. The van der Waals surface area contributed by atoms with Crippen LogP contribution in [-0.2, 0) is 6.42 Å². The van der Waals surface area contributed by atoms with Crippen LogP contribution in [0.5, 0.6) is 0 Å². The quantitative estimate of drug-likeness (QED) is 0.914. The van der Waals surface area contributed by atoms with E-state index in [-0.39, 0.29) is 11.8 Å². The van der Waals surface area contributed by atoms with E-state index in [0.29, 0.717) is 24.4 Å². The van der Waals surface area contributed by atoms with Gasteiger partial charge in [0.1, 0.15) is 11.6 Å². The van der Waals surface area contributed by atoms with Gasteiger partial charge in [-0.05, 0) is 36.6 Å². The van der Waals surface area contributed by atoms with Crippen LogP contribution in [-0.4, -0.2) is 24.1 Å². The molecule has 0 radical (unpaired) electrons. The zero-order chi connectivity index (χ0) is 14.1. The molecule has 2 amide bonds. The summed E-state index contributed by atoms with van der Waals surface area (Å²) in [5.74, 6) is 0.335. The Balaban J connectivity index is 1.97. The number of anilines is 1. The number of carbonyl (C=O) groups is 1. The predicted octanol–water partition coefficient (Wildman–Crippen LogP) is 2.86. The van der Waals surface area contributed by atoms with Crippen molar-refractivity contribution in [3.8, 4) is 0 Å². The molecule has 5 heteroatoms. The van der Waals surface area contributed by atoms with Crippen LogP contribution in [0.1, 0.15) is 18.9 Å². The molecule has 4 nitrogen and oxygen atoms in total. The Morgan fingerprint density at radius 1 is 1.45 bits per heavy atom. The van der Waals surface area contributed by atoms with Crippen molar-refractivity contribution in [3.63, 3.8) is 0 Å². The van der Waals surface area contributed by atoms with Gasteiger partial charge in [0, 0.05) is 24.5 Å². The van der Waals surface area contributed by atoms with Crippen LogP contribution in [0.25, 0.3) is 10.9 Å². The summed E-state index contributed by atoms with van der Waals surface area (Å²) in [5.41, 5.74) is 1.62. The highest BCUT2D eigenvalue weighted by atomic mass is 19.1. The molecule has 104 valence electrons. The maximum atomic E-state index is 13.3. The molecule has 3 rings (SSSR count). The zero-order valence-electron chi connectivity index (χ0n) is 11.3. The lowest BCUT2D eigenvalue weighted by atomic mass is 10.1. The Bertz CT molecular complexity index is 671. The maximum absolute atomic E-state index is 13.3. The standard InChI is InChI=1S/C15H16FN3O/c1-2-6-17-15(20)19-7-5-11-8-10-3-4-12(16)9-13(10)18-14(11)19/h3-4,8-9H,2,5-7H2,1H3,(H,17,20). The summed E-state index contributed by atoms with van der Waals surface area (Å²) in [5, 5.41) is 3.75. The number of benzene rings is 1. The van der Waals surface area contributed by atoms with E-state index >= 15 is 0 Å². The van der Waals surface area contributed by atoms with E-state index in [4.69, 9.17) is 0 Å². The van der Waals surface area contributed by atoms with Crippen LogP contribution in [0.2, 0.25) is 0 Å². The molecule has 1 N–H and O–H groups in total. The molecule has 0 fully saturated rings. The van der Waals surface area contributed by atoms with Gasteiger partial charge in [0.05, 0.1) is 5.52 Å². The second-order valence-corrected chi connectivity index (χ2v) is 4.94. The first-order valence-electron chi connectivity index (χ1n) is 6.83. The Hall–Kier alpha value is -2.17. The number of urea groups is 1. The van der Waals surface area contributed by atoms with Gasteiger partial charge < -0.3 is 5.32 Å². The third kappa shape index (κ3) is 2.19. The summed E-state index contributed by atoms with van der Waals surface area (Å²) in [4.78, 5) is 18.2. The molecule has 1 aromatic heterocycles. The highest BCUT2D eigenvalue weighted by Crippen LogP contribution is 2.29. The van der Waals surface area contributed by atoms with Crippen LogP contribution in [0.15, 0.2) is 24.3 Å². The number of hydrogen-bond acceptors (Lipinski definition) is 2. The summed E-state index contributed by atoms with van der Waals surface area (Å²) in [6.07, 6.45) is 1.68. The zero-order valence-corrected chi connectivity index (χ0v) is 11.3. The smallest absolute Gasteiger partial charge is 0.323 e. The predicted molar refractivity (Wildman–Crippen MR) is 76.4 cm³/mol. The summed E-state index contributed by atoms with van der Waals surface area (Å²) in [6, 6.07) is 6.41. The topological polar surface area (TPSA) is 45.2 Å². The largest absolute Gasteiger partial charge is 0.338 e. The van der Waals surface area contributed by atoms with Gasteiger partial charge in [-0.15, -0.1) is 0 Å². The number of rotatable bonds is 2. The number of nitrogens with one attached hydrogen (secondary N) is 1. The molecule has 0 saturated heterocycles. The van der Waals surface area contributed by atoms with E-state index in [9.17, 15) is 9.18 Å². The molecule has 0 saturated carbocycles. The normalized spacial score (nSPS) is 13.6. The number of amides is 2. The average molecular weight is 273 g/mol. The van der Waals surface area contributed by atoms with Crippen molar-refractivity contribution in [2.75, 3.05) is 18.0 Å². The molecular formula is C15H16FN3O. The Morgan fingerprint density at radius 2 is 2.30 bits per heavy atom. The van der Waals surface area contributed by atoms with E-state index in [1.165, 1.54) is 12.1 Å². The van der Waals surface area contributed by atoms with Gasteiger partial charge in [0.25, 0.3) is 0 Å². The number of fused-ring (bicyclic) bond motifs is 2. The second-order valence-electron chi connectivity index (χ2n) is 4.94. The van der Waals surface area contributed by atoms with Crippen LogP contribution >= 0.6 is 0 Å². The lowest BCUT2D eigenvalue weighted by molar-refractivity contribution is 0.246. The highest BCUT2D eigenvalue weighted by Gasteiger charge is 2.26. The van der Waals surface area contributed by atoms with E-state index in [1.807, 2.05) is 13.0 Å². The van der Waals surface area contributed by atoms with Crippen LogP contribution in [0, 0.1) is 5.82 Å². The SMILES string of the molecule is CCCNC(=O)N1CCc2cc3ccc(F)cc3nc21. The van der Waals surface area contributed by atoms with Crippen molar-refractivity contribution in [3.05, 3.63) is 35.6 Å². The van der Waals surface area contributed by atoms with Gasteiger partial charge in [0.15, 0.2) is 0 Å². The maximum Gasteiger partial charge on any atom is 0.323 e. The molecule has 1 aromatic carbocycles. The lowest BCUT2D eigenvalue weighted by Gasteiger charge is -2.17. The number of nitrogens with zero attached hydrogens (tertiary/aromatic N) is 2. The molecule has 0 aliphatic carbocycles. The van der Waals surface area contributed by atoms with E-state index in [2.05, 4.69) is 10.3 Å². The molecule has 20 heavy (non-hydrogen) atoms. The lowest BCUT2D eigenvalue weighted by Crippen LogP contribution is -2.39. The van der Waals surface area contributed by atoms with Gasteiger partial charge in [0.2, 0.25) is 0 Å². The summed E-state index contributed by atoms with van der Waals surface area (Å²) >= 11 is 0. The first kappa shape index (κ1) is 12.8. The number of hydrogen-bond donors (Lipinski definition) is 1. The molecule has 0 spiro atoms. The molecule has 2 aromatic rings. The molecule has 2 heterocycles. The average Bonchev–Trinajstić information content (AvgIpc) is 2.85. The van der Waals surface area contributed by atoms with Crippen molar-refractivity contribution < 1.29 is 9.18 Å². The fourth-order valence-corrected chi connectivity index (χ4v) is 2.45. The minimum Gasteiger partial charge on any atom is -0.338 e. The molecule has 0 unspecified atom stereocenters. The summed E-state index contributed by atoms with van der Waals surface area (Å²) < 4.78 is 13.3. The molecule has 0 atom stereocenters. The number of carbonyl (C=O) groups excluding carboxylic acids is 1. The Labute approximate surface area is 116 Å². The molecule has 1 aliphatic heterocycles.